The summed E-state index contributed by atoms with van der Waals surface area (Å²) in [6, 6.07) is 15.9. The van der Waals surface area contributed by atoms with Gasteiger partial charge in [-0.3, -0.25) is 9.63 Å². The third-order valence-corrected chi connectivity index (χ3v) is 7.08. The molecule has 2 amide bonds. The van der Waals surface area contributed by atoms with E-state index < -0.39 is 30.0 Å². The minimum atomic E-state index is -1.08. The Hall–Kier alpha value is -3.39. The number of rotatable bonds is 8. The predicted octanol–water partition coefficient (Wildman–Crippen LogP) is 3.60. The summed E-state index contributed by atoms with van der Waals surface area (Å²) in [6.07, 6.45) is 1.98. The van der Waals surface area contributed by atoms with Crippen LogP contribution in [0.2, 0.25) is 0 Å². The average molecular weight is 465 g/mol. The lowest BCUT2D eigenvalue weighted by molar-refractivity contribution is -0.163. The van der Waals surface area contributed by atoms with Gasteiger partial charge in [-0.15, -0.1) is 0 Å². The zero-order valence-electron chi connectivity index (χ0n) is 18.7. The highest BCUT2D eigenvalue weighted by molar-refractivity contribution is 5.81. The van der Waals surface area contributed by atoms with Crippen LogP contribution in [0.5, 0.6) is 0 Å². The first-order valence-corrected chi connectivity index (χ1v) is 11.8. The molecule has 2 aromatic rings. The van der Waals surface area contributed by atoms with Gasteiger partial charge in [0.05, 0.1) is 5.92 Å². The maximum absolute atomic E-state index is 12.6. The highest BCUT2D eigenvalue weighted by atomic mass is 16.7. The predicted molar refractivity (Wildman–Crippen MR) is 123 cm³/mol. The monoisotopic (exact) mass is 464 g/mol. The molecular weight excluding hydrogens is 436 g/mol. The number of ether oxygens (including phenoxy) is 1. The normalized spacial score (nSPS) is 21.9. The molecule has 1 unspecified atom stereocenters. The Kier molecular flexibility index (Phi) is 6.24. The molecule has 0 aliphatic heterocycles. The number of hydrogen-bond donors (Lipinski definition) is 3. The van der Waals surface area contributed by atoms with Crippen molar-refractivity contribution >= 4 is 18.0 Å². The van der Waals surface area contributed by atoms with Crippen LogP contribution < -0.4 is 10.8 Å². The van der Waals surface area contributed by atoms with Gasteiger partial charge in [-0.25, -0.2) is 15.1 Å². The summed E-state index contributed by atoms with van der Waals surface area (Å²) in [5.74, 6) is -2.08. The van der Waals surface area contributed by atoms with E-state index in [1.54, 1.807) is 0 Å². The van der Waals surface area contributed by atoms with E-state index in [4.69, 9.17) is 9.57 Å². The van der Waals surface area contributed by atoms with Gasteiger partial charge in [-0.2, -0.15) is 0 Å². The Labute approximate surface area is 197 Å². The van der Waals surface area contributed by atoms with E-state index in [9.17, 15) is 19.5 Å². The SMILES string of the molecule is O=C(N[C@H]1CCC[C@H]1C(=O)NOC(C(=O)O)C1CC1)OCC1c2ccccc2-c2ccccc21. The summed E-state index contributed by atoms with van der Waals surface area (Å²) in [7, 11) is 0. The topological polar surface area (TPSA) is 114 Å². The summed E-state index contributed by atoms with van der Waals surface area (Å²) in [6.45, 7) is 0.203. The van der Waals surface area contributed by atoms with Crippen molar-refractivity contribution in [3.63, 3.8) is 0 Å². The van der Waals surface area contributed by atoms with Gasteiger partial charge in [0, 0.05) is 12.0 Å². The molecule has 3 aliphatic carbocycles. The van der Waals surface area contributed by atoms with Crippen molar-refractivity contribution in [3.8, 4) is 11.1 Å². The van der Waals surface area contributed by atoms with Gasteiger partial charge < -0.3 is 15.2 Å². The summed E-state index contributed by atoms with van der Waals surface area (Å²) >= 11 is 0. The third-order valence-electron chi connectivity index (χ3n) is 7.08. The average Bonchev–Trinajstić information content (AvgIpc) is 3.47. The molecule has 0 bridgehead atoms. The molecule has 34 heavy (non-hydrogen) atoms. The van der Waals surface area contributed by atoms with Crippen LogP contribution in [-0.2, 0) is 19.2 Å². The Morgan fingerprint density at radius 2 is 1.59 bits per heavy atom. The second kappa shape index (κ2) is 9.46. The Bertz CT molecular complexity index is 1050. The molecule has 3 atom stereocenters. The van der Waals surface area contributed by atoms with E-state index in [1.807, 2.05) is 24.3 Å². The molecule has 2 fully saturated rings. The molecule has 3 N–H and O–H groups in total. The van der Waals surface area contributed by atoms with Crippen molar-refractivity contribution in [1.29, 1.82) is 0 Å². The molecule has 0 aromatic heterocycles. The van der Waals surface area contributed by atoms with Crippen LogP contribution >= 0.6 is 0 Å². The first kappa shape index (κ1) is 22.4. The van der Waals surface area contributed by atoms with E-state index in [0.717, 1.165) is 41.5 Å². The number of carbonyl (C=O) groups excluding carboxylic acids is 2. The van der Waals surface area contributed by atoms with E-state index in [2.05, 4.69) is 35.1 Å². The van der Waals surface area contributed by atoms with Gasteiger partial charge in [-0.1, -0.05) is 55.0 Å². The smallest absolute Gasteiger partial charge is 0.407 e. The molecular formula is C26H28N2O6. The third kappa shape index (κ3) is 4.50. The largest absolute Gasteiger partial charge is 0.479 e. The van der Waals surface area contributed by atoms with Crippen LogP contribution in [0.1, 0.15) is 49.1 Å². The fourth-order valence-electron chi connectivity index (χ4n) is 5.18. The minimum Gasteiger partial charge on any atom is -0.479 e. The molecule has 8 heteroatoms. The second-order valence-corrected chi connectivity index (χ2v) is 9.29. The molecule has 2 saturated carbocycles. The number of fused-ring (bicyclic) bond motifs is 3. The number of aliphatic carboxylic acids is 1. The van der Waals surface area contributed by atoms with Gasteiger partial charge in [0.1, 0.15) is 6.61 Å². The lowest BCUT2D eigenvalue weighted by Gasteiger charge is -2.22. The second-order valence-electron chi connectivity index (χ2n) is 9.29. The van der Waals surface area contributed by atoms with Crippen LogP contribution in [0.3, 0.4) is 0 Å². The molecule has 8 nitrogen and oxygen atoms in total. The van der Waals surface area contributed by atoms with Crippen molar-refractivity contribution in [2.75, 3.05) is 6.61 Å². The number of carbonyl (C=O) groups is 3. The summed E-state index contributed by atoms with van der Waals surface area (Å²) in [5.41, 5.74) is 6.90. The van der Waals surface area contributed by atoms with E-state index in [1.165, 1.54) is 0 Å². The lowest BCUT2D eigenvalue weighted by atomic mass is 9.98. The quantitative estimate of drug-likeness (QED) is 0.515. The van der Waals surface area contributed by atoms with Crippen LogP contribution in [0.4, 0.5) is 4.79 Å². The molecule has 2 aromatic carbocycles. The van der Waals surface area contributed by atoms with Gasteiger partial charge in [0.15, 0.2) is 6.10 Å². The first-order valence-electron chi connectivity index (χ1n) is 11.8. The number of hydrogen-bond acceptors (Lipinski definition) is 5. The Morgan fingerprint density at radius 1 is 0.941 bits per heavy atom. The van der Waals surface area contributed by atoms with E-state index in [-0.39, 0.29) is 24.5 Å². The minimum absolute atomic E-state index is 0.0374. The molecule has 5 rings (SSSR count). The number of carboxylic acids is 1. The van der Waals surface area contributed by atoms with Crippen molar-refractivity contribution in [3.05, 3.63) is 59.7 Å². The molecule has 0 spiro atoms. The van der Waals surface area contributed by atoms with Crippen molar-refractivity contribution < 1.29 is 29.1 Å². The lowest BCUT2D eigenvalue weighted by Crippen LogP contribution is -2.46. The molecule has 0 saturated heterocycles. The fourth-order valence-corrected chi connectivity index (χ4v) is 5.18. The van der Waals surface area contributed by atoms with Gasteiger partial charge in [0.25, 0.3) is 0 Å². The van der Waals surface area contributed by atoms with Crippen molar-refractivity contribution in [2.24, 2.45) is 11.8 Å². The molecule has 0 radical (unpaired) electrons. The molecule has 3 aliphatic rings. The summed E-state index contributed by atoms with van der Waals surface area (Å²) in [5, 5.41) is 12.1. The number of amides is 2. The standard InChI is InChI=1S/C26H28N2O6/c29-24(28-34-23(25(30)31)15-12-13-15)20-10-5-11-22(20)27-26(32)33-14-21-18-8-3-1-6-16(18)17-7-2-4-9-19(17)21/h1-4,6-9,15,20-23H,5,10-14H2,(H,27,32)(H,28,29)(H,30,31)/t20-,22+,23?/m1/s1. The van der Waals surface area contributed by atoms with Gasteiger partial charge in [-0.05, 0) is 53.9 Å². The number of carboxylic acid groups (broad SMARTS) is 1. The number of nitrogens with one attached hydrogen (secondary N) is 2. The van der Waals surface area contributed by atoms with Crippen molar-refractivity contribution in [2.45, 2.75) is 50.2 Å². The summed E-state index contributed by atoms with van der Waals surface area (Å²) < 4.78 is 5.61. The Morgan fingerprint density at radius 3 is 2.21 bits per heavy atom. The zero-order valence-corrected chi connectivity index (χ0v) is 18.7. The number of alkyl carbamates (subject to hydrolysis) is 1. The molecule has 178 valence electrons. The highest BCUT2D eigenvalue weighted by Crippen LogP contribution is 2.44. The first-order chi connectivity index (χ1) is 16.5. The van der Waals surface area contributed by atoms with Crippen LogP contribution in [0, 0.1) is 11.8 Å². The number of benzene rings is 2. The highest BCUT2D eigenvalue weighted by Gasteiger charge is 2.40. The van der Waals surface area contributed by atoms with E-state index in [0.29, 0.717) is 12.8 Å². The van der Waals surface area contributed by atoms with Crippen molar-refractivity contribution in [1.82, 2.24) is 10.8 Å². The van der Waals surface area contributed by atoms with Gasteiger partial charge in [0.2, 0.25) is 5.91 Å². The molecule has 0 heterocycles. The van der Waals surface area contributed by atoms with E-state index >= 15 is 0 Å². The van der Waals surface area contributed by atoms with Crippen LogP contribution in [0.15, 0.2) is 48.5 Å². The van der Waals surface area contributed by atoms with Gasteiger partial charge >= 0.3 is 12.1 Å². The van der Waals surface area contributed by atoms with Crippen LogP contribution in [0.25, 0.3) is 11.1 Å². The fraction of sp³-hybridized carbons (Fsp3) is 0.423. The zero-order chi connectivity index (χ0) is 23.7. The summed E-state index contributed by atoms with van der Waals surface area (Å²) in [4.78, 5) is 41.8. The number of hydroxylamine groups is 1. The maximum Gasteiger partial charge on any atom is 0.407 e. The Balaban J connectivity index is 1.16. The van der Waals surface area contributed by atoms with Crippen LogP contribution in [-0.4, -0.2) is 41.8 Å². The maximum atomic E-state index is 12.6.